The fraction of sp³-hybridized carbons (Fsp3) is 0.0909. The Kier molecular flexibility index (Phi) is 3.14. The zero-order chi connectivity index (χ0) is 11.5. The first-order valence-corrected chi connectivity index (χ1v) is 5.36. The van der Waals surface area contributed by atoms with Crippen LogP contribution in [0.3, 0.4) is 0 Å². The maximum absolute atomic E-state index is 13.3. The van der Waals surface area contributed by atoms with E-state index in [-0.39, 0.29) is 5.88 Å². The second-order valence-electron chi connectivity index (χ2n) is 3.14. The average Bonchev–Trinajstić information content (AvgIpc) is 2.28. The van der Waals surface area contributed by atoms with Crippen molar-refractivity contribution in [3.63, 3.8) is 0 Å². The molecule has 2 aromatic rings. The number of halogens is 2. The molecule has 2 rings (SSSR count). The summed E-state index contributed by atoms with van der Waals surface area (Å²) in [5, 5.41) is 0. The van der Waals surface area contributed by atoms with Crippen molar-refractivity contribution in [2.45, 2.75) is 6.92 Å². The van der Waals surface area contributed by atoms with Gasteiger partial charge < -0.3 is 4.74 Å². The van der Waals surface area contributed by atoms with Gasteiger partial charge in [-0.1, -0.05) is 0 Å². The predicted molar refractivity (Wildman–Crippen MR) is 60.9 cm³/mol. The third-order valence-electron chi connectivity index (χ3n) is 2.04. The summed E-state index contributed by atoms with van der Waals surface area (Å²) < 4.78 is 19.4. The lowest BCUT2D eigenvalue weighted by Crippen LogP contribution is -1.94. The topological polar surface area (TPSA) is 35.0 Å². The second-order valence-corrected chi connectivity index (χ2v) is 3.99. The standard InChI is InChI=1S/C11H8BrFN2O/c1-7-8(12)5-14-6-10(7)16-11-9(13)3-2-4-15-11/h2-6H,1H3. The number of nitrogens with zero attached hydrogens (tertiary/aromatic N) is 2. The quantitative estimate of drug-likeness (QED) is 0.846. The van der Waals surface area contributed by atoms with Gasteiger partial charge in [-0.3, -0.25) is 4.98 Å². The molecule has 0 spiro atoms. The normalized spacial score (nSPS) is 10.2. The number of hydrogen-bond acceptors (Lipinski definition) is 3. The molecule has 16 heavy (non-hydrogen) atoms. The summed E-state index contributed by atoms with van der Waals surface area (Å²) in [7, 11) is 0. The average molecular weight is 283 g/mol. The van der Waals surface area contributed by atoms with Gasteiger partial charge in [0.25, 0.3) is 5.88 Å². The van der Waals surface area contributed by atoms with Crippen LogP contribution in [0.2, 0.25) is 0 Å². The third kappa shape index (κ3) is 2.19. The molecule has 0 amide bonds. The van der Waals surface area contributed by atoms with Crippen molar-refractivity contribution < 1.29 is 9.13 Å². The van der Waals surface area contributed by atoms with Gasteiger partial charge in [-0.2, -0.15) is 0 Å². The molecule has 2 heterocycles. The van der Waals surface area contributed by atoms with E-state index in [2.05, 4.69) is 25.9 Å². The Labute approximate surface area is 100 Å². The Balaban J connectivity index is 2.35. The van der Waals surface area contributed by atoms with E-state index in [4.69, 9.17) is 4.74 Å². The van der Waals surface area contributed by atoms with Crippen LogP contribution < -0.4 is 4.74 Å². The van der Waals surface area contributed by atoms with Gasteiger partial charge in [0.05, 0.1) is 6.20 Å². The van der Waals surface area contributed by atoms with Gasteiger partial charge in [0.1, 0.15) is 0 Å². The lowest BCUT2D eigenvalue weighted by atomic mass is 10.3. The molecule has 0 saturated heterocycles. The molecule has 0 radical (unpaired) electrons. The lowest BCUT2D eigenvalue weighted by Gasteiger charge is -2.08. The van der Waals surface area contributed by atoms with E-state index in [1.807, 2.05) is 6.92 Å². The molecule has 0 aliphatic carbocycles. The van der Waals surface area contributed by atoms with Crippen LogP contribution in [0.1, 0.15) is 5.56 Å². The van der Waals surface area contributed by atoms with Gasteiger partial charge in [-0.25, -0.2) is 9.37 Å². The van der Waals surface area contributed by atoms with Gasteiger partial charge >= 0.3 is 0 Å². The van der Waals surface area contributed by atoms with Crippen molar-refractivity contribution in [1.82, 2.24) is 9.97 Å². The van der Waals surface area contributed by atoms with Crippen molar-refractivity contribution >= 4 is 15.9 Å². The molecule has 0 fully saturated rings. The molecule has 3 nitrogen and oxygen atoms in total. The van der Waals surface area contributed by atoms with E-state index in [9.17, 15) is 4.39 Å². The van der Waals surface area contributed by atoms with Crippen LogP contribution in [0.5, 0.6) is 11.6 Å². The maximum atomic E-state index is 13.3. The Morgan fingerprint density at radius 2 is 2.19 bits per heavy atom. The van der Waals surface area contributed by atoms with Gasteiger partial charge in [0.2, 0.25) is 0 Å². The Morgan fingerprint density at radius 3 is 2.94 bits per heavy atom. The first kappa shape index (κ1) is 11.0. The molecule has 0 aliphatic heterocycles. The summed E-state index contributed by atoms with van der Waals surface area (Å²) in [6, 6.07) is 2.80. The van der Waals surface area contributed by atoms with Crippen molar-refractivity contribution in [1.29, 1.82) is 0 Å². The van der Waals surface area contributed by atoms with Crippen molar-refractivity contribution in [2.75, 3.05) is 0 Å². The summed E-state index contributed by atoms with van der Waals surface area (Å²) in [6.45, 7) is 1.85. The summed E-state index contributed by atoms with van der Waals surface area (Å²) in [4.78, 5) is 7.75. The zero-order valence-electron chi connectivity index (χ0n) is 8.45. The fourth-order valence-corrected chi connectivity index (χ4v) is 1.45. The number of pyridine rings is 2. The van der Waals surface area contributed by atoms with Crippen LogP contribution in [0, 0.1) is 12.7 Å². The summed E-state index contributed by atoms with van der Waals surface area (Å²) in [5.74, 6) is -0.0700. The van der Waals surface area contributed by atoms with Gasteiger partial charge in [0.15, 0.2) is 11.6 Å². The summed E-state index contributed by atoms with van der Waals surface area (Å²) in [5.41, 5.74) is 0.847. The molecule has 0 unspecified atom stereocenters. The van der Waals surface area contributed by atoms with E-state index >= 15 is 0 Å². The van der Waals surface area contributed by atoms with Crippen LogP contribution in [0.25, 0.3) is 0 Å². The molecule has 0 aromatic carbocycles. The van der Waals surface area contributed by atoms with Crippen LogP contribution in [0.15, 0.2) is 35.2 Å². The third-order valence-corrected chi connectivity index (χ3v) is 2.84. The molecular weight excluding hydrogens is 275 g/mol. The molecule has 5 heteroatoms. The largest absolute Gasteiger partial charge is 0.434 e. The SMILES string of the molecule is Cc1c(Br)cncc1Oc1ncccc1F. The van der Waals surface area contributed by atoms with Crippen LogP contribution in [-0.4, -0.2) is 9.97 Å². The van der Waals surface area contributed by atoms with Crippen LogP contribution in [-0.2, 0) is 0 Å². The van der Waals surface area contributed by atoms with Crippen molar-refractivity contribution in [3.05, 3.63) is 46.6 Å². The highest BCUT2D eigenvalue weighted by molar-refractivity contribution is 9.10. The number of hydrogen-bond donors (Lipinski definition) is 0. The summed E-state index contributed by atoms with van der Waals surface area (Å²) >= 11 is 3.32. The minimum atomic E-state index is -0.498. The monoisotopic (exact) mass is 282 g/mol. The van der Waals surface area contributed by atoms with E-state index in [0.29, 0.717) is 5.75 Å². The molecule has 0 atom stereocenters. The molecule has 0 aliphatic rings. The maximum Gasteiger partial charge on any atom is 0.255 e. The smallest absolute Gasteiger partial charge is 0.255 e. The van der Waals surface area contributed by atoms with Gasteiger partial charge in [0, 0.05) is 22.4 Å². The first-order chi connectivity index (χ1) is 7.68. The molecule has 0 bridgehead atoms. The Morgan fingerprint density at radius 1 is 1.38 bits per heavy atom. The van der Waals surface area contributed by atoms with Crippen molar-refractivity contribution in [2.24, 2.45) is 0 Å². The summed E-state index contributed by atoms with van der Waals surface area (Å²) in [6.07, 6.45) is 4.64. The molecule has 82 valence electrons. The van der Waals surface area contributed by atoms with E-state index in [1.54, 1.807) is 6.20 Å². The molecular formula is C11H8BrFN2O. The first-order valence-electron chi connectivity index (χ1n) is 4.57. The van der Waals surface area contributed by atoms with Crippen LogP contribution >= 0.6 is 15.9 Å². The molecule has 0 N–H and O–H groups in total. The predicted octanol–water partition coefficient (Wildman–Crippen LogP) is 3.48. The number of aromatic nitrogens is 2. The highest BCUT2D eigenvalue weighted by Crippen LogP contribution is 2.28. The van der Waals surface area contributed by atoms with Crippen LogP contribution in [0.4, 0.5) is 4.39 Å². The molecule has 0 saturated carbocycles. The minimum Gasteiger partial charge on any atom is -0.434 e. The highest BCUT2D eigenvalue weighted by atomic mass is 79.9. The van der Waals surface area contributed by atoms with E-state index in [0.717, 1.165) is 10.0 Å². The van der Waals surface area contributed by atoms with E-state index < -0.39 is 5.82 Å². The highest BCUT2D eigenvalue weighted by Gasteiger charge is 2.09. The molecule has 2 aromatic heterocycles. The zero-order valence-corrected chi connectivity index (χ0v) is 10.0. The van der Waals surface area contributed by atoms with Gasteiger partial charge in [-0.15, -0.1) is 0 Å². The fourth-order valence-electron chi connectivity index (χ4n) is 1.14. The number of rotatable bonds is 2. The Bertz CT molecular complexity index is 519. The van der Waals surface area contributed by atoms with Crippen molar-refractivity contribution in [3.8, 4) is 11.6 Å². The lowest BCUT2D eigenvalue weighted by molar-refractivity contribution is 0.418. The second kappa shape index (κ2) is 4.57. The van der Waals surface area contributed by atoms with Gasteiger partial charge in [-0.05, 0) is 35.0 Å². The minimum absolute atomic E-state index is 0.0505. The van der Waals surface area contributed by atoms with E-state index in [1.165, 1.54) is 24.5 Å². The number of ether oxygens (including phenoxy) is 1. The Hall–Kier alpha value is -1.49.